The number of ether oxygens (including phenoxy) is 7. The number of hydrogen-bond acceptors (Lipinski definition) is 8. The zero-order valence-corrected chi connectivity index (χ0v) is 17.8. The van der Waals surface area contributed by atoms with Crippen molar-refractivity contribution in [1.29, 1.82) is 0 Å². The highest BCUT2D eigenvalue weighted by atomic mass is 35.5. The van der Waals surface area contributed by atoms with Gasteiger partial charge < -0.3 is 38.5 Å². The number of rotatable bonds is 21. The lowest BCUT2D eigenvalue weighted by molar-refractivity contribution is -0.0305. The summed E-state index contributed by atoms with van der Waals surface area (Å²) >= 11 is 5.49. The van der Waals surface area contributed by atoms with Gasteiger partial charge in [0.15, 0.2) is 0 Å². The Balaban J connectivity index is 1.64. The molecular weight excluding hydrogens is 390 g/mol. The first kappa shape index (κ1) is 26.0. The van der Waals surface area contributed by atoms with E-state index in [4.69, 9.17) is 44.8 Å². The van der Waals surface area contributed by atoms with Crippen molar-refractivity contribution < 1.29 is 33.2 Å². The van der Waals surface area contributed by atoms with Gasteiger partial charge in [-0.1, -0.05) is 0 Å². The van der Waals surface area contributed by atoms with Crippen LogP contribution in [-0.2, 0) is 33.2 Å². The Morgan fingerprint density at radius 2 is 0.893 bits per heavy atom. The highest BCUT2D eigenvalue weighted by Gasteiger charge is 2.12. The zero-order valence-electron chi connectivity index (χ0n) is 17.0. The lowest BCUT2D eigenvalue weighted by Crippen LogP contribution is -2.33. The molecule has 0 aromatic heterocycles. The van der Waals surface area contributed by atoms with Gasteiger partial charge in [0.25, 0.3) is 0 Å². The van der Waals surface area contributed by atoms with Gasteiger partial charge in [-0.2, -0.15) is 0 Å². The van der Waals surface area contributed by atoms with E-state index in [1.165, 1.54) is 0 Å². The molecule has 1 N–H and O–H groups in total. The molecule has 0 unspecified atom stereocenters. The van der Waals surface area contributed by atoms with E-state index in [9.17, 15) is 0 Å². The first-order chi connectivity index (χ1) is 13.9. The van der Waals surface area contributed by atoms with Crippen LogP contribution in [0.3, 0.4) is 0 Å². The molecule has 0 saturated carbocycles. The van der Waals surface area contributed by atoms with Gasteiger partial charge in [0, 0.05) is 5.88 Å². The van der Waals surface area contributed by atoms with Crippen molar-refractivity contribution in [3.63, 3.8) is 0 Å². The summed E-state index contributed by atoms with van der Waals surface area (Å²) in [6, 6.07) is 0. The standard InChI is InChI=1S/C19H38ClNO7/c20-3-6-22-7-8-23-9-10-24-11-12-25-13-14-26-15-16-27-17-18-28-19-1-4-21-5-2-19/h19,21H,1-18H2. The Labute approximate surface area is 174 Å². The van der Waals surface area contributed by atoms with E-state index in [2.05, 4.69) is 5.32 Å². The van der Waals surface area contributed by atoms with Crippen LogP contribution < -0.4 is 5.32 Å². The summed E-state index contributed by atoms with van der Waals surface area (Å²) in [5.74, 6) is 0.510. The number of alkyl halides is 1. The molecule has 0 bridgehead atoms. The fourth-order valence-corrected chi connectivity index (χ4v) is 2.60. The van der Waals surface area contributed by atoms with Crippen molar-refractivity contribution in [1.82, 2.24) is 5.32 Å². The summed E-state index contributed by atoms with van der Waals surface area (Å²) in [6.45, 7) is 9.50. The molecule has 9 heteroatoms. The van der Waals surface area contributed by atoms with Gasteiger partial charge in [0.2, 0.25) is 0 Å². The molecule has 1 aliphatic rings. The molecule has 0 radical (unpaired) electrons. The minimum absolute atomic E-state index is 0.385. The molecule has 0 atom stereocenters. The first-order valence-electron chi connectivity index (χ1n) is 10.3. The van der Waals surface area contributed by atoms with Gasteiger partial charge in [-0.25, -0.2) is 0 Å². The Morgan fingerprint density at radius 1 is 0.536 bits per heavy atom. The van der Waals surface area contributed by atoms with Crippen molar-refractivity contribution in [3.05, 3.63) is 0 Å². The molecule has 1 rings (SSSR count). The molecule has 1 fully saturated rings. The third kappa shape index (κ3) is 18.0. The van der Waals surface area contributed by atoms with Crippen LogP contribution in [0, 0.1) is 0 Å². The molecule has 168 valence electrons. The minimum Gasteiger partial charge on any atom is -0.378 e. The zero-order chi connectivity index (χ0) is 20.0. The second-order valence-corrected chi connectivity index (χ2v) is 6.56. The molecule has 1 aliphatic heterocycles. The lowest BCUT2D eigenvalue weighted by atomic mass is 10.1. The SMILES string of the molecule is ClCCOCCOCCOCCOCCOCCOCCOC1CCNCC1. The van der Waals surface area contributed by atoms with E-state index in [0.717, 1.165) is 25.9 Å². The number of hydrogen-bond donors (Lipinski definition) is 1. The van der Waals surface area contributed by atoms with Crippen LogP contribution in [0.2, 0.25) is 0 Å². The van der Waals surface area contributed by atoms with Crippen LogP contribution in [0.15, 0.2) is 0 Å². The number of halogens is 1. The number of nitrogens with one attached hydrogen (secondary N) is 1. The molecule has 0 aromatic carbocycles. The Hall–Kier alpha value is -0.0300. The van der Waals surface area contributed by atoms with Crippen molar-refractivity contribution in [2.24, 2.45) is 0 Å². The topological polar surface area (TPSA) is 76.6 Å². The summed E-state index contributed by atoms with van der Waals surface area (Å²) in [7, 11) is 0. The van der Waals surface area contributed by atoms with Gasteiger partial charge in [-0.3, -0.25) is 0 Å². The van der Waals surface area contributed by atoms with Crippen molar-refractivity contribution in [2.75, 3.05) is 105 Å². The van der Waals surface area contributed by atoms with Crippen molar-refractivity contribution in [3.8, 4) is 0 Å². The third-order valence-electron chi connectivity index (χ3n) is 3.95. The normalized spacial score (nSPS) is 15.3. The molecule has 0 aromatic rings. The smallest absolute Gasteiger partial charge is 0.0704 e. The van der Waals surface area contributed by atoms with Gasteiger partial charge in [0.05, 0.1) is 92.0 Å². The molecule has 1 heterocycles. The van der Waals surface area contributed by atoms with Crippen LogP contribution in [0.5, 0.6) is 0 Å². The fourth-order valence-electron chi connectivity index (χ4n) is 2.49. The molecular formula is C19H38ClNO7. The Kier molecular flexibility index (Phi) is 20.1. The van der Waals surface area contributed by atoms with Crippen molar-refractivity contribution >= 4 is 11.6 Å². The Bertz CT molecular complexity index is 310. The van der Waals surface area contributed by atoms with Crippen LogP contribution in [0.25, 0.3) is 0 Å². The summed E-state index contributed by atoms with van der Waals surface area (Å²) in [4.78, 5) is 0. The lowest BCUT2D eigenvalue weighted by Gasteiger charge is -2.22. The predicted octanol–water partition coefficient (Wildman–Crippen LogP) is 1.09. The van der Waals surface area contributed by atoms with Crippen LogP contribution in [-0.4, -0.2) is 111 Å². The van der Waals surface area contributed by atoms with Gasteiger partial charge in [0.1, 0.15) is 0 Å². The second-order valence-electron chi connectivity index (χ2n) is 6.18. The van der Waals surface area contributed by atoms with Gasteiger partial charge in [-0.05, 0) is 25.9 Å². The van der Waals surface area contributed by atoms with E-state index in [1.54, 1.807) is 0 Å². The van der Waals surface area contributed by atoms with Gasteiger partial charge >= 0.3 is 0 Å². The highest BCUT2D eigenvalue weighted by Crippen LogP contribution is 2.06. The first-order valence-corrected chi connectivity index (χ1v) is 10.8. The minimum atomic E-state index is 0.385. The monoisotopic (exact) mass is 427 g/mol. The average Bonchev–Trinajstić information content (AvgIpc) is 2.73. The molecule has 8 nitrogen and oxygen atoms in total. The van der Waals surface area contributed by atoms with E-state index in [0.29, 0.717) is 97.9 Å². The number of piperidine rings is 1. The Morgan fingerprint density at radius 3 is 1.29 bits per heavy atom. The molecule has 0 aliphatic carbocycles. The maximum Gasteiger partial charge on any atom is 0.0704 e. The summed E-state index contributed by atoms with van der Waals surface area (Å²) in [6.07, 6.45) is 2.56. The molecule has 28 heavy (non-hydrogen) atoms. The third-order valence-corrected chi connectivity index (χ3v) is 4.10. The van der Waals surface area contributed by atoms with Crippen LogP contribution in [0.1, 0.15) is 12.8 Å². The summed E-state index contributed by atoms with van der Waals surface area (Å²) in [5, 5.41) is 3.32. The van der Waals surface area contributed by atoms with E-state index >= 15 is 0 Å². The molecule has 1 saturated heterocycles. The average molecular weight is 428 g/mol. The quantitative estimate of drug-likeness (QED) is 0.215. The van der Waals surface area contributed by atoms with Gasteiger partial charge in [-0.15, -0.1) is 11.6 Å². The van der Waals surface area contributed by atoms with Crippen LogP contribution in [0.4, 0.5) is 0 Å². The molecule has 0 spiro atoms. The maximum atomic E-state index is 5.76. The highest BCUT2D eigenvalue weighted by molar-refractivity contribution is 6.17. The fraction of sp³-hybridized carbons (Fsp3) is 1.00. The maximum absolute atomic E-state index is 5.76. The van der Waals surface area contributed by atoms with E-state index in [-0.39, 0.29) is 0 Å². The summed E-state index contributed by atoms with van der Waals surface area (Å²) < 4.78 is 38.1. The largest absolute Gasteiger partial charge is 0.378 e. The van der Waals surface area contributed by atoms with Crippen molar-refractivity contribution in [2.45, 2.75) is 18.9 Å². The molecule has 0 amide bonds. The second kappa shape index (κ2) is 21.7. The summed E-state index contributed by atoms with van der Waals surface area (Å²) in [5.41, 5.74) is 0. The predicted molar refractivity (Wildman–Crippen MR) is 107 cm³/mol. The van der Waals surface area contributed by atoms with Crippen LogP contribution >= 0.6 is 11.6 Å². The van der Waals surface area contributed by atoms with E-state index in [1.807, 2.05) is 0 Å². The van der Waals surface area contributed by atoms with E-state index < -0.39 is 0 Å².